The van der Waals surface area contributed by atoms with Crippen molar-refractivity contribution in [3.8, 4) is 0 Å². The summed E-state index contributed by atoms with van der Waals surface area (Å²) in [6.07, 6.45) is 4.08. The Morgan fingerprint density at radius 1 is 1.27 bits per heavy atom. The average Bonchev–Trinajstić information content (AvgIpc) is 3.03. The van der Waals surface area contributed by atoms with Crippen LogP contribution in [0.4, 0.5) is 0 Å². The number of esters is 1. The van der Waals surface area contributed by atoms with Gasteiger partial charge in [-0.1, -0.05) is 52.3 Å². The highest BCUT2D eigenvalue weighted by atomic mass is 79.9. The normalized spacial score (nSPS) is 16.8. The van der Waals surface area contributed by atoms with Crippen molar-refractivity contribution in [3.05, 3.63) is 75.8 Å². The fourth-order valence-corrected chi connectivity index (χ4v) is 3.32. The quantitative estimate of drug-likeness (QED) is 0.522. The number of nitrogens with zero attached hydrogens (tertiary/aromatic N) is 2. The lowest BCUT2D eigenvalue weighted by molar-refractivity contribution is -0.137. The number of benzene rings is 2. The van der Waals surface area contributed by atoms with Gasteiger partial charge in [0.1, 0.15) is 0 Å². The molecule has 0 bridgehead atoms. The first-order valence-corrected chi connectivity index (χ1v) is 9.37. The Balaban J connectivity index is 1.83. The molecule has 0 saturated heterocycles. The highest BCUT2D eigenvalue weighted by molar-refractivity contribution is 9.10. The Kier molecular flexibility index (Phi) is 5.89. The van der Waals surface area contributed by atoms with Gasteiger partial charge in [-0.2, -0.15) is 5.10 Å². The standard InChI is InChI=1S/C21H21BrN2O2/c1-3-26-21(25)13-10-15-6-4-5-7-18(15)19-14-20(24(2)23-19)16-8-11-17(22)12-9-16/h4-13,20H,3,14H2,1-2H3/b13-10+/t20-/m1/s1. The molecule has 0 saturated carbocycles. The summed E-state index contributed by atoms with van der Waals surface area (Å²) < 4.78 is 6.03. The Morgan fingerprint density at radius 3 is 2.73 bits per heavy atom. The molecule has 26 heavy (non-hydrogen) atoms. The summed E-state index contributed by atoms with van der Waals surface area (Å²) in [4.78, 5) is 11.6. The number of ether oxygens (including phenoxy) is 1. The van der Waals surface area contributed by atoms with Crippen molar-refractivity contribution in [1.29, 1.82) is 0 Å². The van der Waals surface area contributed by atoms with Crippen LogP contribution >= 0.6 is 15.9 Å². The van der Waals surface area contributed by atoms with Gasteiger partial charge in [-0.15, -0.1) is 0 Å². The summed E-state index contributed by atoms with van der Waals surface area (Å²) in [5, 5.41) is 6.76. The van der Waals surface area contributed by atoms with Crippen LogP contribution in [0, 0.1) is 0 Å². The van der Waals surface area contributed by atoms with Crippen molar-refractivity contribution in [2.24, 2.45) is 5.10 Å². The van der Waals surface area contributed by atoms with E-state index in [0.29, 0.717) is 6.61 Å². The zero-order valence-electron chi connectivity index (χ0n) is 14.9. The second kappa shape index (κ2) is 8.32. The Labute approximate surface area is 162 Å². The zero-order valence-corrected chi connectivity index (χ0v) is 16.4. The molecule has 1 heterocycles. The molecule has 0 aromatic heterocycles. The van der Waals surface area contributed by atoms with Crippen LogP contribution in [-0.4, -0.2) is 30.3 Å². The predicted molar refractivity (Wildman–Crippen MR) is 108 cm³/mol. The van der Waals surface area contributed by atoms with Crippen LogP contribution in [0.15, 0.2) is 64.2 Å². The number of rotatable bonds is 5. The molecule has 0 spiro atoms. The van der Waals surface area contributed by atoms with Crippen LogP contribution in [0.5, 0.6) is 0 Å². The van der Waals surface area contributed by atoms with Gasteiger partial charge in [-0.3, -0.25) is 5.01 Å². The summed E-state index contributed by atoms with van der Waals surface area (Å²) >= 11 is 3.48. The van der Waals surface area contributed by atoms with Crippen molar-refractivity contribution < 1.29 is 9.53 Å². The molecule has 5 heteroatoms. The third kappa shape index (κ3) is 4.22. The maximum Gasteiger partial charge on any atom is 0.330 e. The van der Waals surface area contributed by atoms with Gasteiger partial charge in [0, 0.05) is 29.6 Å². The molecule has 4 nitrogen and oxygen atoms in total. The van der Waals surface area contributed by atoms with Gasteiger partial charge in [0.25, 0.3) is 0 Å². The van der Waals surface area contributed by atoms with Gasteiger partial charge >= 0.3 is 5.97 Å². The van der Waals surface area contributed by atoms with E-state index in [2.05, 4.69) is 40.2 Å². The number of halogens is 1. The number of carbonyl (C=O) groups is 1. The van der Waals surface area contributed by atoms with E-state index >= 15 is 0 Å². The van der Waals surface area contributed by atoms with Crippen molar-refractivity contribution in [2.45, 2.75) is 19.4 Å². The fraction of sp³-hybridized carbons (Fsp3) is 0.238. The molecule has 0 unspecified atom stereocenters. The third-order valence-corrected chi connectivity index (χ3v) is 4.86. The summed E-state index contributed by atoms with van der Waals surface area (Å²) in [6, 6.07) is 16.5. The van der Waals surface area contributed by atoms with Crippen LogP contribution in [0.1, 0.15) is 36.1 Å². The smallest absolute Gasteiger partial charge is 0.330 e. The number of hydrogen-bond donors (Lipinski definition) is 0. The lowest BCUT2D eigenvalue weighted by Crippen LogP contribution is -2.13. The third-order valence-electron chi connectivity index (χ3n) is 4.33. The molecular formula is C21H21BrN2O2. The van der Waals surface area contributed by atoms with E-state index in [1.165, 1.54) is 11.6 Å². The molecule has 134 valence electrons. The molecule has 0 aliphatic carbocycles. The van der Waals surface area contributed by atoms with E-state index in [9.17, 15) is 4.79 Å². The van der Waals surface area contributed by atoms with E-state index in [1.54, 1.807) is 13.0 Å². The molecule has 0 radical (unpaired) electrons. The summed E-state index contributed by atoms with van der Waals surface area (Å²) in [5.41, 5.74) is 4.25. The second-order valence-electron chi connectivity index (χ2n) is 6.06. The minimum absolute atomic E-state index is 0.209. The first-order valence-electron chi connectivity index (χ1n) is 8.58. The van der Waals surface area contributed by atoms with Gasteiger partial charge in [0.2, 0.25) is 0 Å². The van der Waals surface area contributed by atoms with Crippen LogP contribution in [0.25, 0.3) is 6.08 Å². The Bertz CT molecular complexity index is 843. The maximum atomic E-state index is 11.6. The molecule has 0 N–H and O–H groups in total. The first kappa shape index (κ1) is 18.4. The van der Waals surface area contributed by atoms with Gasteiger partial charge in [-0.05, 0) is 36.3 Å². The van der Waals surface area contributed by atoms with E-state index in [-0.39, 0.29) is 12.0 Å². The monoisotopic (exact) mass is 412 g/mol. The summed E-state index contributed by atoms with van der Waals surface area (Å²) in [5.74, 6) is -0.333. The number of hydrogen-bond acceptors (Lipinski definition) is 4. The Morgan fingerprint density at radius 2 is 2.00 bits per heavy atom. The molecule has 2 aromatic carbocycles. The second-order valence-corrected chi connectivity index (χ2v) is 6.98. The Hall–Kier alpha value is -2.40. The van der Waals surface area contributed by atoms with E-state index in [0.717, 1.165) is 27.7 Å². The van der Waals surface area contributed by atoms with Crippen molar-refractivity contribution in [1.82, 2.24) is 5.01 Å². The minimum atomic E-state index is -0.333. The number of carbonyl (C=O) groups excluding carboxylic acids is 1. The summed E-state index contributed by atoms with van der Waals surface area (Å²) in [7, 11) is 2.00. The average molecular weight is 413 g/mol. The van der Waals surface area contributed by atoms with E-state index in [1.807, 2.05) is 36.3 Å². The molecule has 2 aromatic rings. The molecule has 3 rings (SSSR count). The largest absolute Gasteiger partial charge is 0.463 e. The van der Waals surface area contributed by atoms with Gasteiger partial charge < -0.3 is 4.74 Å². The lowest BCUT2D eigenvalue weighted by atomic mass is 9.95. The fourth-order valence-electron chi connectivity index (χ4n) is 3.05. The molecule has 1 aliphatic heterocycles. The summed E-state index contributed by atoms with van der Waals surface area (Å²) in [6.45, 7) is 2.17. The van der Waals surface area contributed by atoms with Crippen molar-refractivity contribution in [2.75, 3.05) is 13.7 Å². The van der Waals surface area contributed by atoms with Gasteiger partial charge in [-0.25, -0.2) is 4.79 Å². The molecule has 0 fully saturated rings. The van der Waals surface area contributed by atoms with Gasteiger partial charge in [0.05, 0.1) is 18.4 Å². The number of hydrazone groups is 1. The SMILES string of the molecule is CCOC(=O)/C=C/c1ccccc1C1=NN(C)[C@@H](c2ccc(Br)cc2)C1. The van der Waals surface area contributed by atoms with Crippen LogP contribution in [-0.2, 0) is 9.53 Å². The molecule has 0 amide bonds. The maximum absolute atomic E-state index is 11.6. The molecular weight excluding hydrogens is 392 g/mol. The first-order chi connectivity index (χ1) is 12.6. The minimum Gasteiger partial charge on any atom is -0.463 e. The lowest BCUT2D eigenvalue weighted by Gasteiger charge is -2.19. The van der Waals surface area contributed by atoms with E-state index < -0.39 is 0 Å². The molecule has 1 atom stereocenters. The van der Waals surface area contributed by atoms with Crippen LogP contribution in [0.2, 0.25) is 0 Å². The predicted octanol–water partition coefficient (Wildman–Crippen LogP) is 4.81. The highest BCUT2D eigenvalue weighted by Crippen LogP contribution is 2.32. The van der Waals surface area contributed by atoms with E-state index in [4.69, 9.17) is 9.84 Å². The highest BCUT2D eigenvalue weighted by Gasteiger charge is 2.26. The van der Waals surface area contributed by atoms with Crippen LogP contribution < -0.4 is 0 Å². The van der Waals surface area contributed by atoms with Crippen LogP contribution in [0.3, 0.4) is 0 Å². The molecule has 1 aliphatic rings. The zero-order chi connectivity index (χ0) is 18.5. The van der Waals surface area contributed by atoms with Crippen molar-refractivity contribution >= 4 is 33.7 Å². The van der Waals surface area contributed by atoms with Crippen molar-refractivity contribution in [3.63, 3.8) is 0 Å². The topological polar surface area (TPSA) is 41.9 Å². The van der Waals surface area contributed by atoms with Gasteiger partial charge in [0.15, 0.2) is 0 Å².